The van der Waals surface area contributed by atoms with Crippen LogP contribution in [-0.4, -0.2) is 41.4 Å². The van der Waals surface area contributed by atoms with Crippen LogP contribution in [0.5, 0.6) is 0 Å². The van der Waals surface area contributed by atoms with Gasteiger partial charge in [0.25, 0.3) is 0 Å². The van der Waals surface area contributed by atoms with E-state index in [1.54, 1.807) is 0 Å². The molecule has 1 unspecified atom stereocenters. The molecule has 4 heteroatoms. The van der Waals surface area contributed by atoms with Crippen molar-refractivity contribution in [2.24, 2.45) is 0 Å². The maximum atomic E-state index is 12.1. The van der Waals surface area contributed by atoms with Crippen molar-refractivity contribution in [3.63, 3.8) is 0 Å². The zero-order valence-corrected chi connectivity index (χ0v) is 11.2. The second-order valence-corrected chi connectivity index (χ2v) is 5.95. The lowest BCUT2D eigenvalue weighted by Crippen LogP contribution is -2.45. The highest BCUT2D eigenvalue weighted by Crippen LogP contribution is 2.38. The lowest BCUT2D eigenvalue weighted by atomic mass is 9.94. The summed E-state index contributed by atoms with van der Waals surface area (Å²) in [5.41, 5.74) is -0.419. The molecule has 0 aromatic heterocycles. The second-order valence-electron chi connectivity index (χ2n) is 5.95. The first-order valence-corrected chi connectivity index (χ1v) is 6.56. The topological polar surface area (TPSA) is 42.1 Å². The number of epoxide rings is 1. The molecular weight excluding hydrogens is 218 g/mol. The van der Waals surface area contributed by atoms with Gasteiger partial charge in [-0.05, 0) is 47.0 Å². The van der Waals surface area contributed by atoms with Gasteiger partial charge in [-0.2, -0.15) is 0 Å². The van der Waals surface area contributed by atoms with Gasteiger partial charge >= 0.3 is 6.09 Å². The standard InChI is InChI=1S/C13H23NO3/c1-5-14(12(15)17-13(2,3)4)9-6-7-10-11(8-9)16-10/h9-11H,5-8H2,1-4H3/t9?,10-,11+/m1/s1. The molecule has 1 saturated heterocycles. The van der Waals surface area contributed by atoms with Crippen molar-refractivity contribution in [1.29, 1.82) is 0 Å². The summed E-state index contributed by atoms with van der Waals surface area (Å²) in [5.74, 6) is 0. The first-order valence-electron chi connectivity index (χ1n) is 6.56. The fourth-order valence-electron chi connectivity index (χ4n) is 2.52. The smallest absolute Gasteiger partial charge is 0.410 e. The predicted octanol–water partition coefficient (Wildman–Crippen LogP) is 2.56. The molecule has 1 amide bonds. The summed E-state index contributed by atoms with van der Waals surface area (Å²) in [6.45, 7) is 8.42. The number of fused-ring (bicyclic) bond motifs is 1. The molecule has 0 aromatic carbocycles. The van der Waals surface area contributed by atoms with Crippen LogP contribution in [0.15, 0.2) is 0 Å². The summed E-state index contributed by atoms with van der Waals surface area (Å²) in [4.78, 5) is 13.9. The van der Waals surface area contributed by atoms with E-state index in [-0.39, 0.29) is 6.09 Å². The van der Waals surface area contributed by atoms with Gasteiger partial charge in [0.15, 0.2) is 0 Å². The van der Waals surface area contributed by atoms with Gasteiger partial charge in [0, 0.05) is 12.6 Å². The van der Waals surface area contributed by atoms with Crippen LogP contribution in [0.4, 0.5) is 4.79 Å². The van der Waals surface area contributed by atoms with Crippen molar-refractivity contribution >= 4 is 6.09 Å². The summed E-state index contributed by atoms with van der Waals surface area (Å²) in [7, 11) is 0. The lowest BCUT2D eigenvalue weighted by molar-refractivity contribution is 0.0143. The summed E-state index contributed by atoms with van der Waals surface area (Å²) in [6.07, 6.45) is 3.76. The first-order chi connectivity index (χ1) is 7.90. The molecule has 2 rings (SSSR count). The largest absolute Gasteiger partial charge is 0.444 e. The van der Waals surface area contributed by atoms with Crippen LogP contribution >= 0.6 is 0 Å². The number of hydrogen-bond donors (Lipinski definition) is 0. The quantitative estimate of drug-likeness (QED) is 0.698. The monoisotopic (exact) mass is 241 g/mol. The Morgan fingerprint density at radius 2 is 2.06 bits per heavy atom. The Morgan fingerprint density at radius 1 is 1.35 bits per heavy atom. The molecule has 17 heavy (non-hydrogen) atoms. The zero-order valence-electron chi connectivity index (χ0n) is 11.2. The van der Waals surface area contributed by atoms with E-state index in [0.717, 1.165) is 19.3 Å². The number of ether oxygens (including phenoxy) is 2. The minimum atomic E-state index is -0.419. The highest BCUT2D eigenvalue weighted by molar-refractivity contribution is 5.68. The van der Waals surface area contributed by atoms with Crippen molar-refractivity contribution in [2.75, 3.05) is 6.54 Å². The first kappa shape index (κ1) is 12.7. The second kappa shape index (κ2) is 4.48. The predicted molar refractivity (Wildman–Crippen MR) is 64.9 cm³/mol. The van der Waals surface area contributed by atoms with E-state index < -0.39 is 5.60 Å². The maximum absolute atomic E-state index is 12.1. The molecule has 98 valence electrons. The van der Waals surface area contributed by atoms with Crippen molar-refractivity contribution in [3.8, 4) is 0 Å². The molecule has 1 aliphatic heterocycles. The normalized spacial score (nSPS) is 31.6. The average molecular weight is 241 g/mol. The third-order valence-corrected chi connectivity index (χ3v) is 3.39. The van der Waals surface area contributed by atoms with E-state index in [1.165, 1.54) is 0 Å². The average Bonchev–Trinajstić information content (AvgIpc) is 2.93. The molecule has 0 radical (unpaired) electrons. The summed E-state index contributed by atoms with van der Waals surface area (Å²) >= 11 is 0. The summed E-state index contributed by atoms with van der Waals surface area (Å²) in [6, 6.07) is 0.290. The molecule has 1 aliphatic carbocycles. The number of amides is 1. The van der Waals surface area contributed by atoms with Crippen molar-refractivity contribution in [1.82, 2.24) is 4.90 Å². The Kier molecular flexibility index (Phi) is 3.34. The molecule has 2 aliphatic rings. The van der Waals surface area contributed by atoms with Crippen LogP contribution in [0.1, 0.15) is 47.0 Å². The highest BCUT2D eigenvalue weighted by atomic mass is 16.6. The van der Waals surface area contributed by atoms with Crippen molar-refractivity contribution < 1.29 is 14.3 Å². The van der Waals surface area contributed by atoms with Gasteiger partial charge in [-0.1, -0.05) is 0 Å². The summed E-state index contributed by atoms with van der Waals surface area (Å²) in [5, 5.41) is 0. The third kappa shape index (κ3) is 3.12. The SMILES string of the molecule is CCN(C(=O)OC(C)(C)C)C1CC[C@H]2O[C@H]2C1. The van der Waals surface area contributed by atoms with Crippen molar-refractivity contribution in [2.45, 2.75) is 70.8 Å². The Bertz CT molecular complexity index is 298. The van der Waals surface area contributed by atoms with Gasteiger partial charge in [-0.3, -0.25) is 0 Å². The lowest BCUT2D eigenvalue weighted by Gasteiger charge is -2.33. The van der Waals surface area contributed by atoms with Gasteiger partial charge in [-0.15, -0.1) is 0 Å². The van der Waals surface area contributed by atoms with Crippen LogP contribution in [-0.2, 0) is 9.47 Å². The minimum Gasteiger partial charge on any atom is -0.444 e. The van der Waals surface area contributed by atoms with Crippen molar-refractivity contribution in [3.05, 3.63) is 0 Å². The number of carbonyl (C=O) groups excluding carboxylic acids is 1. The van der Waals surface area contributed by atoms with E-state index in [9.17, 15) is 4.79 Å². The van der Waals surface area contributed by atoms with Gasteiger partial charge in [0.05, 0.1) is 12.2 Å². The number of carbonyl (C=O) groups is 1. The fraction of sp³-hybridized carbons (Fsp3) is 0.923. The van der Waals surface area contributed by atoms with Crippen LogP contribution < -0.4 is 0 Å². The highest BCUT2D eigenvalue weighted by Gasteiger charge is 2.46. The number of hydrogen-bond acceptors (Lipinski definition) is 3. The molecule has 1 heterocycles. The van der Waals surface area contributed by atoms with Crippen LogP contribution in [0.25, 0.3) is 0 Å². The zero-order chi connectivity index (χ0) is 12.6. The number of nitrogens with zero attached hydrogens (tertiary/aromatic N) is 1. The molecule has 0 spiro atoms. The van der Waals surface area contributed by atoms with E-state index >= 15 is 0 Å². The molecule has 0 N–H and O–H groups in total. The molecule has 3 atom stereocenters. The number of rotatable bonds is 2. The molecule has 1 saturated carbocycles. The Hall–Kier alpha value is -0.770. The Labute approximate surface area is 103 Å². The Balaban J connectivity index is 1.92. The van der Waals surface area contributed by atoms with E-state index in [1.807, 2.05) is 32.6 Å². The van der Waals surface area contributed by atoms with Crippen LogP contribution in [0.2, 0.25) is 0 Å². The fourth-order valence-corrected chi connectivity index (χ4v) is 2.52. The van der Waals surface area contributed by atoms with Gasteiger partial charge < -0.3 is 14.4 Å². The van der Waals surface area contributed by atoms with Crippen LogP contribution in [0, 0.1) is 0 Å². The molecule has 0 bridgehead atoms. The van der Waals surface area contributed by atoms with Gasteiger partial charge in [0.2, 0.25) is 0 Å². The molecule has 0 aromatic rings. The van der Waals surface area contributed by atoms with Crippen LogP contribution in [0.3, 0.4) is 0 Å². The van der Waals surface area contributed by atoms with E-state index in [0.29, 0.717) is 24.8 Å². The van der Waals surface area contributed by atoms with E-state index in [2.05, 4.69) is 0 Å². The van der Waals surface area contributed by atoms with Gasteiger partial charge in [-0.25, -0.2) is 4.79 Å². The van der Waals surface area contributed by atoms with E-state index in [4.69, 9.17) is 9.47 Å². The third-order valence-electron chi connectivity index (χ3n) is 3.39. The van der Waals surface area contributed by atoms with Gasteiger partial charge in [0.1, 0.15) is 5.60 Å². The minimum absolute atomic E-state index is 0.191. The molecule has 4 nitrogen and oxygen atoms in total. The summed E-state index contributed by atoms with van der Waals surface area (Å²) < 4.78 is 10.9. The molecular formula is C13H23NO3. The molecule has 2 fully saturated rings. The maximum Gasteiger partial charge on any atom is 0.410 e. The Morgan fingerprint density at radius 3 is 2.59 bits per heavy atom.